The Morgan fingerprint density at radius 2 is 1.71 bits per heavy atom. The van der Waals surface area contributed by atoms with Crippen molar-refractivity contribution in [2.45, 2.75) is 47.0 Å². The van der Waals surface area contributed by atoms with E-state index in [-0.39, 0.29) is 5.56 Å². The average Bonchev–Trinajstić information content (AvgIpc) is 3.79. The number of thiazole rings is 1. The summed E-state index contributed by atoms with van der Waals surface area (Å²) < 4.78 is 21.1. The van der Waals surface area contributed by atoms with E-state index in [9.17, 15) is 4.79 Å². The molecule has 0 saturated carbocycles. The number of aryl methyl sites for hydroxylation is 1. The van der Waals surface area contributed by atoms with Crippen molar-refractivity contribution in [2.75, 3.05) is 20.3 Å². The Morgan fingerprint density at radius 1 is 0.918 bits per heavy atom. The van der Waals surface area contributed by atoms with Gasteiger partial charge < -0.3 is 14.2 Å². The van der Waals surface area contributed by atoms with Crippen molar-refractivity contribution >= 4 is 34.5 Å². The Balaban J connectivity index is 1.30. The van der Waals surface area contributed by atoms with Gasteiger partial charge in [-0.1, -0.05) is 68.9 Å². The maximum atomic E-state index is 13.6. The summed E-state index contributed by atoms with van der Waals surface area (Å²) in [6.07, 6.45) is 10.5. The third-order valence-corrected chi connectivity index (χ3v) is 8.98. The molecule has 0 fully saturated rings. The van der Waals surface area contributed by atoms with E-state index in [4.69, 9.17) is 19.3 Å². The highest BCUT2D eigenvalue weighted by molar-refractivity contribution is 7.15. The molecule has 3 heterocycles. The lowest BCUT2D eigenvalue weighted by Gasteiger charge is -2.11. The van der Waals surface area contributed by atoms with Gasteiger partial charge in [-0.3, -0.25) is 4.79 Å². The standard InChI is InChI=1S/C39H41N5O4S/c1-6-7-20-47-33-16-13-28(23-34(33)46-5)14-18-36-40-39-44(41-36)38(45)35(49-39)24-30-25-43(31-11-9-8-10-12-31)42-37(30)29-15-17-32(27(4)22-29)48-21-19-26(2)3/h8-18,22-26H,6-7,19-21H2,1-5H3/b18-14+,35-24-. The zero-order valence-corrected chi connectivity index (χ0v) is 29.4. The number of hydrogen-bond donors (Lipinski definition) is 0. The van der Waals surface area contributed by atoms with E-state index in [0.29, 0.717) is 45.9 Å². The number of benzene rings is 3. The average molecular weight is 676 g/mol. The van der Waals surface area contributed by atoms with Crippen molar-refractivity contribution in [3.8, 4) is 34.2 Å². The highest BCUT2D eigenvalue weighted by atomic mass is 32.1. The molecule has 252 valence electrons. The fourth-order valence-electron chi connectivity index (χ4n) is 5.26. The van der Waals surface area contributed by atoms with Crippen LogP contribution in [0.2, 0.25) is 0 Å². The second-order valence-electron chi connectivity index (χ2n) is 12.3. The van der Waals surface area contributed by atoms with Crippen molar-refractivity contribution in [3.63, 3.8) is 0 Å². The summed E-state index contributed by atoms with van der Waals surface area (Å²) >= 11 is 1.30. The van der Waals surface area contributed by atoms with Gasteiger partial charge in [0.25, 0.3) is 5.56 Å². The molecule has 0 unspecified atom stereocenters. The molecule has 6 rings (SSSR count). The Kier molecular flexibility index (Phi) is 10.5. The normalized spacial score (nSPS) is 12.1. The maximum Gasteiger partial charge on any atom is 0.291 e. The minimum atomic E-state index is -0.231. The molecule has 0 spiro atoms. The zero-order chi connectivity index (χ0) is 34.3. The van der Waals surface area contributed by atoms with Crippen LogP contribution in [0, 0.1) is 12.8 Å². The third-order valence-electron chi connectivity index (χ3n) is 8.02. The number of nitrogens with zero attached hydrogens (tertiary/aromatic N) is 5. The predicted octanol–water partition coefficient (Wildman–Crippen LogP) is 7.64. The van der Waals surface area contributed by atoms with Crippen LogP contribution in [0.5, 0.6) is 17.2 Å². The summed E-state index contributed by atoms with van der Waals surface area (Å²) in [4.78, 5) is 18.7. The van der Waals surface area contributed by atoms with E-state index in [1.165, 1.54) is 15.9 Å². The lowest BCUT2D eigenvalue weighted by atomic mass is 10.0. The first kappa shape index (κ1) is 33.7. The van der Waals surface area contributed by atoms with Crippen LogP contribution in [0.25, 0.3) is 40.1 Å². The molecule has 3 aromatic heterocycles. The quantitative estimate of drug-likeness (QED) is 0.110. The van der Waals surface area contributed by atoms with Gasteiger partial charge in [0.05, 0.1) is 30.5 Å². The predicted molar refractivity (Wildman–Crippen MR) is 197 cm³/mol. The van der Waals surface area contributed by atoms with Crippen LogP contribution >= 0.6 is 11.3 Å². The first-order chi connectivity index (χ1) is 23.8. The highest BCUT2D eigenvalue weighted by Gasteiger charge is 2.15. The van der Waals surface area contributed by atoms with E-state index in [2.05, 4.69) is 36.9 Å². The number of fused-ring (bicyclic) bond motifs is 1. The lowest BCUT2D eigenvalue weighted by molar-refractivity contribution is 0.288. The first-order valence-corrected chi connectivity index (χ1v) is 17.4. The molecule has 0 aliphatic carbocycles. The molecule has 49 heavy (non-hydrogen) atoms. The molecule has 0 N–H and O–H groups in total. The molecule has 6 aromatic rings. The topological polar surface area (TPSA) is 92.8 Å². The fraction of sp³-hybridized carbons (Fsp3) is 0.282. The van der Waals surface area contributed by atoms with E-state index in [1.807, 2.05) is 90.6 Å². The van der Waals surface area contributed by atoms with E-state index in [1.54, 1.807) is 13.2 Å². The van der Waals surface area contributed by atoms with E-state index in [0.717, 1.165) is 58.6 Å². The lowest BCUT2D eigenvalue weighted by Crippen LogP contribution is -2.23. The minimum absolute atomic E-state index is 0.231. The van der Waals surface area contributed by atoms with Gasteiger partial charge in [0.15, 0.2) is 17.3 Å². The van der Waals surface area contributed by atoms with Gasteiger partial charge in [0.1, 0.15) is 11.4 Å². The number of para-hydroxylation sites is 1. The van der Waals surface area contributed by atoms with Gasteiger partial charge >= 0.3 is 0 Å². The zero-order valence-electron chi connectivity index (χ0n) is 28.6. The molecule has 3 aromatic carbocycles. The van der Waals surface area contributed by atoms with Gasteiger partial charge in [-0.25, -0.2) is 4.68 Å². The number of hydrogen-bond acceptors (Lipinski definition) is 8. The van der Waals surface area contributed by atoms with Crippen molar-refractivity contribution < 1.29 is 14.2 Å². The van der Waals surface area contributed by atoms with Gasteiger partial charge in [-0.05, 0) is 91.4 Å². The molecule has 0 saturated heterocycles. The Hall–Kier alpha value is -5.22. The van der Waals surface area contributed by atoms with Crippen molar-refractivity contribution in [3.05, 3.63) is 110 Å². The summed E-state index contributed by atoms with van der Waals surface area (Å²) in [5, 5.41) is 9.46. The molecule has 0 aliphatic heterocycles. The van der Waals surface area contributed by atoms with Gasteiger partial charge in [0.2, 0.25) is 4.96 Å². The van der Waals surface area contributed by atoms with Gasteiger partial charge in [-0.2, -0.15) is 14.6 Å². The monoisotopic (exact) mass is 675 g/mol. The molecular weight excluding hydrogens is 635 g/mol. The van der Waals surface area contributed by atoms with E-state index < -0.39 is 0 Å². The highest BCUT2D eigenvalue weighted by Crippen LogP contribution is 2.30. The summed E-state index contributed by atoms with van der Waals surface area (Å²) in [7, 11) is 1.63. The maximum absolute atomic E-state index is 13.6. The Labute approximate surface area is 290 Å². The fourth-order valence-corrected chi connectivity index (χ4v) is 6.16. The molecule has 0 bridgehead atoms. The van der Waals surface area contributed by atoms with Crippen molar-refractivity contribution in [1.82, 2.24) is 24.4 Å². The summed E-state index contributed by atoms with van der Waals surface area (Å²) in [6.45, 7) is 9.87. The van der Waals surface area contributed by atoms with Crippen LogP contribution in [0.15, 0.2) is 77.7 Å². The largest absolute Gasteiger partial charge is 0.493 e. The van der Waals surface area contributed by atoms with Crippen LogP contribution in [0.4, 0.5) is 0 Å². The number of ether oxygens (including phenoxy) is 3. The molecule has 0 atom stereocenters. The molecule has 0 aliphatic rings. The minimum Gasteiger partial charge on any atom is -0.493 e. The number of methoxy groups -OCH3 is 1. The second-order valence-corrected chi connectivity index (χ2v) is 13.3. The van der Waals surface area contributed by atoms with Gasteiger partial charge in [0, 0.05) is 17.3 Å². The van der Waals surface area contributed by atoms with Gasteiger partial charge in [-0.15, -0.1) is 5.10 Å². The second kappa shape index (κ2) is 15.3. The van der Waals surface area contributed by atoms with Crippen molar-refractivity contribution in [1.29, 1.82) is 0 Å². The van der Waals surface area contributed by atoms with Crippen LogP contribution in [0.1, 0.15) is 62.5 Å². The number of aromatic nitrogens is 5. The number of rotatable bonds is 14. The molecule has 0 amide bonds. The molecule has 0 radical (unpaired) electrons. The number of unbranched alkanes of at least 4 members (excludes halogenated alkanes) is 1. The SMILES string of the molecule is CCCCOc1ccc(/C=C/c2nc3s/c(=C\c4cn(-c5ccccc5)nc4-c4ccc(OCCC(C)C)c(C)c4)c(=O)n3n2)cc1OC. The third kappa shape index (κ3) is 7.92. The summed E-state index contributed by atoms with van der Waals surface area (Å²) in [6, 6.07) is 21.8. The Morgan fingerprint density at radius 3 is 2.45 bits per heavy atom. The van der Waals surface area contributed by atoms with Crippen LogP contribution in [0.3, 0.4) is 0 Å². The Bertz CT molecular complexity index is 2180. The molecular formula is C39H41N5O4S. The van der Waals surface area contributed by atoms with Crippen LogP contribution in [-0.4, -0.2) is 44.7 Å². The van der Waals surface area contributed by atoms with E-state index >= 15 is 0 Å². The molecule has 9 nitrogen and oxygen atoms in total. The van der Waals surface area contributed by atoms with Crippen LogP contribution < -0.4 is 24.3 Å². The van der Waals surface area contributed by atoms with Crippen LogP contribution in [-0.2, 0) is 0 Å². The summed E-state index contributed by atoms with van der Waals surface area (Å²) in [5.74, 6) is 3.26. The first-order valence-electron chi connectivity index (χ1n) is 16.6. The summed E-state index contributed by atoms with van der Waals surface area (Å²) in [5.41, 5.74) is 5.14. The molecule has 10 heteroatoms. The van der Waals surface area contributed by atoms with Crippen molar-refractivity contribution in [2.24, 2.45) is 5.92 Å². The smallest absolute Gasteiger partial charge is 0.291 e.